The molecule has 0 unspecified atom stereocenters. The number of rotatable bonds is 6. The largest absolute Gasteiger partial charge is 0.358 e. The van der Waals surface area contributed by atoms with E-state index in [0.29, 0.717) is 11.6 Å². The van der Waals surface area contributed by atoms with Gasteiger partial charge in [-0.2, -0.15) is 58.7 Å². The van der Waals surface area contributed by atoms with Crippen LogP contribution < -0.4 is 0 Å². The van der Waals surface area contributed by atoms with Crippen LogP contribution in [-0.4, -0.2) is 29.5 Å². The number of aromatic nitrogens is 6. The molecule has 6 nitrogen and oxygen atoms in total. The van der Waals surface area contributed by atoms with Gasteiger partial charge in [-0.1, -0.05) is 41.5 Å². The first-order valence-electron chi connectivity index (χ1n) is 12.2. The Kier molecular flexibility index (Phi) is 9.46. The average Bonchev–Trinajstić information content (AvgIpc) is 3.38. The fourth-order valence-electron chi connectivity index (χ4n) is 3.91. The summed E-state index contributed by atoms with van der Waals surface area (Å²) >= 11 is 0. The van der Waals surface area contributed by atoms with Crippen molar-refractivity contribution in [2.24, 2.45) is 10.8 Å². The second-order valence-corrected chi connectivity index (χ2v) is 12.1. The van der Waals surface area contributed by atoms with E-state index in [2.05, 4.69) is 67.5 Å². The fourth-order valence-corrected chi connectivity index (χ4v) is 3.91. The Bertz CT molecular complexity index is 1180. The van der Waals surface area contributed by atoms with Gasteiger partial charge in [-0.3, -0.25) is 0 Å². The van der Waals surface area contributed by atoms with Crippen LogP contribution in [0.25, 0.3) is 11.4 Å². The van der Waals surface area contributed by atoms with Crippen LogP contribution in [0, 0.1) is 30.4 Å². The minimum Gasteiger partial charge on any atom is -0.358 e. The van der Waals surface area contributed by atoms with Gasteiger partial charge in [0.25, 0.3) is 0 Å². The molecule has 0 spiro atoms. The molecule has 202 valence electrons. The first kappa shape index (κ1) is 30.6. The molecule has 0 fully saturated rings. The van der Waals surface area contributed by atoms with Gasteiger partial charge < -0.3 is 7.43 Å². The number of para-hydroxylation sites is 2. The summed E-state index contributed by atoms with van der Waals surface area (Å²) in [5.74, 6) is 3.22. The van der Waals surface area contributed by atoms with Crippen molar-refractivity contribution in [2.45, 2.75) is 73.6 Å². The predicted molar refractivity (Wildman–Crippen MR) is 145 cm³/mol. The third-order valence-electron chi connectivity index (χ3n) is 5.68. The fraction of sp³-hybridized carbons (Fsp3) is 0.433. The van der Waals surface area contributed by atoms with E-state index < -0.39 is 5.41 Å². The number of hydrogen-bond donors (Lipinski definition) is 0. The maximum Gasteiger partial charge on any atom is 0.164 e. The second kappa shape index (κ2) is 11.4. The Labute approximate surface area is 237 Å². The van der Waals surface area contributed by atoms with Crippen LogP contribution in [0.5, 0.6) is 0 Å². The van der Waals surface area contributed by atoms with Crippen LogP contribution in [-0.2, 0) is 39.3 Å². The van der Waals surface area contributed by atoms with Crippen molar-refractivity contribution >= 4 is 0 Å². The maximum atomic E-state index is 5.04. The van der Waals surface area contributed by atoms with Crippen LogP contribution in [0.1, 0.15) is 78.7 Å². The van der Waals surface area contributed by atoms with E-state index in [1.54, 1.807) is 0 Å². The van der Waals surface area contributed by atoms with Crippen molar-refractivity contribution in [1.82, 2.24) is 29.5 Å². The van der Waals surface area contributed by atoms with E-state index in [9.17, 15) is 0 Å². The molecule has 0 aliphatic carbocycles. The van der Waals surface area contributed by atoms with Gasteiger partial charge >= 0.3 is 0 Å². The van der Waals surface area contributed by atoms with Crippen molar-refractivity contribution in [3.05, 3.63) is 91.4 Å². The van der Waals surface area contributed by atoms with E-state index in [-0.39, 0.29) is 39.3 Å². The molecule has 0 saturated carbocycles. The van der Waals surface area contributed by atoms with E-state index in [1.807, 2.05) is 57.9 Å². The molecule has 7 heteroatoms. The Morgan fingerprint density at radius 1 is 0.649 bits per heavy atom. The minimum atomic E-state index is -0.598. The number of benzene rings is 2. The summed E-state index contributed by atoms with van der Waals surface area (Å²) in [7, 11) is 0. The maximum absolute atomic E-state index is 5.04. The zero-order chi connectivity index (χ0) is 25.4. The summed E-state index contributed by atoms with van der Waals surface area (Å²) in [6, 6.07) is 22.3. The standard InChI is InChI=1S/C29H36N6.CH3.Pt/c1-27(2,3)19-23-30-25(32-34(23)21-15-11-9-12-16-21)29(7,8)26-31-24(20-28(4,5)6)35(33-26)22-17-13-10-14-18-22;;/h9-15,17H,19-20H2,1-8H3;1H3;/q-2;-1;. The molecule has 2 aromatic carbocycles. The van der Waals surface area contributed by atoms with Gasteiger partial charge in [-0.25, -0.2) is 19.3 Å². The molecule has 4 rings (SSSR count). The summed E-state index contributed by atoms with van der Waals surface area (Å²) in [6.07, 6.45) is 1.57. The van der Waals surface area contributed by atoms with Crippen LogP contribution in [0.3, 0.4) is 0 Å². The van der Waals surface area contributed by atoms with Crippen molar-refractivity contribution in [1.29, 1.82) is 0 Å². The van der Waals surface area contributed by atoms with Gasteiger partial charge in [0.1, 0.15) is 11.6 Å². The monoisotopic (exact) mass is 678 g/mol. The molecule has 0 saturated heterocycles. The average molecular weight is 679 g/mol. The topological polar surface area (TPSA) is 61.4 Å². The second-order valence-electron chi connectivity index (χ2n) is 12.1. The molecular formula is C30H39N6Pt-3. The van der Waals surface area contributed by atoms with Crippen LogP contribution in [0.4, 0.5) is 0 Å². The van der Waals surface area contributed by atoms with Gasteiger partial charge in [0, 0.05) is 33.9 Å². The predicted octanol–water partition coefficient (Wildman–Crippen LogP) is 6.40. The Morgan fingerprint density at radius 3 is 1.32 bits per heavy atom. The molecule has 0 radical (unpaired) electrons. The van der Waals surface area contributed by atoms with E-state index in [0.717, 1.165) is 35.9 Å². The Hall–Kier alpha value is -2.59. The van der Waals surface area contributed by atoms with Gasteiger partial charge in [-0.15, -0.1) is 12.1 Å². The normalized spacial score (nSPS) is 12.1. The number of nitrogens with zero attached hydrogens (tertiary/aromatic N) is 6. The van der Waals surface area contributed by atoms with E-state index in [1.165, 1.54) is 0 Å². The first-order valence-corrected chi connectivity index (χ1v) is 12.2. The molecule has 37 heavy (non-hydrogen) atoms. The molecule has 2 heterocycles. The van der Waals surface area contributed by atoms with Crippen molar-refractivity contribution in [2.75, 3.05) is 0 Å². The van der Waals surface area contributed by atoms with Crippen molar-refractivity contribution in [3.8, 4) is 11.4 Å². The SMILES string of the molecule is CC(C)(C)Cc1nc(C(C)(C)c2nc(CC(C)(C)C)n(-c3[c-]cccc3)n2)nn1-c1[c-]cccc1.[CH3-].[Pt]. The van der Waals surface area contributed by atoms with E-state index >= 15 is 0 Å². The smallest absolute Gasteiger partial charge is 0.164 e. The van der Waals surface area contributed by atoms with Crippen molar-refractivity contribution < 1.29 is 21.1 Å². The molecule has 0 amide bonds. The molecule has 0 aliphatic heterocycles. The van der Waals surface area contributed by atoms with Gasteiger partial charge in [0.15, 0.2) is 11.6 Å². The van der Waals surface area contributed by atoms with Crippen LogP contribution >= 0.6 is 0 Å². The quantitative estimate of drug-likeness (QED) is 0.222. The summed E-state index contributed by atoms with van der Waals surface area (Å²) < 4.78 is 3.83. The summed E-state index contributed by atoms with van der Waals surface area (Å²) in [5.41, 5.74) is 1.28. The van der Waals surface area contributed by atoms with Crippen molar-refractivity contribution in [3.63, 3.8) is 0 Å². The third kappa shape index (κ3) is 7.25. The van der Waals surface area contributed by atoms with Gasteiger partial charge in [-0.05, 0) is 36.1 Å². The van der Waals surface area contributed by atoms with Crippen LogP contribution in [0.2, 0.25) is 0 Å². The zero-order valence-corrected chi connectivity index (χ0v) is 25.8. The molecule has 0 bridgehead atoms. The van der Waals surface area contributed by atoms with Gasteiger partial charge in [0.2, 0.25) is 0 Å². The van der Waals surface area contributed by atoms with E-state index in [4.69, 9.17) is 20.2 Å². The first-order chi connectivity index (χ1) is 16.3. The Morgan fingerprint density at radius 2 is 1.03 bits per heavy atom. The molecule has 4 aromatic rings. The van der Waals surface area contributed by atoms with Crippen LogP contribution in [0.15, 0.2) is 48.5 Å². The Balaban J connectivity index is 0.00000241. The summed E-state index contributed by atoms with van der Waals surface area (Å²) in [5, 5.41) is 9.95. The zero-order valence-electron chi connectivity index (χ0n) is 23.5. The van der Waals surface area contributed by atoms with Gasteiger partial charge in [0.05, 0.1) is 5.41 Å². The number of hydrogen-bond acceptors (Lipinski definition) is 4. The molecule has 0 aliphatic rings. The molecule has 0 atom stereocenters. The minimum absolute atomic E-state index is 0. The molecule has 2 aromatic heterocycles. The molecule has 0 N–H and O–H groups in total. The summed E-state index contributed by atoms with van der Waals surface area (Å²) in [6.45, 7) is 17.5. The third-order valence-corrected chi connectivity index (χ3v) is 5.68. The molecular weight excluding hydrogens is 639 g/mol. The summed E-state index contributed by atoms with van der Waals surface area (Å²) in [4.78, 5) is 10.1.